The molecule has 1 heterocycles. The molecular formula is C18H28N2O6. The van der Waals surface area contributed by atoms with Crippen molar-refractivity contribution in [1.82, 2.24) is 5.32 Å². The van der Waals surface area contributed by atoms with Gasteiger partial charge in [-0.25, -0.2) is 4.79 Å². The van der Waals surface area contributed by atoms with Gasteiger partial charge in [-0.05, 0) is 12.1 Å². The van der Waals surface area contributed by atoms with E-state index in [-0.39, 0.29) is 12.1 Å². The second-order valence-corrected chi connectivity index (χ2v) is 5.61. The van der Waals surface area contributed by atoms with E-state index < -0.39 is 0 Å². The molecule has 8 heteroatoms. The summed E-state index contributed by atoms with van der Waals surface area (Å²) >= 11 is 0. The van der Waals surface area contributed by atoms with E-state index in [4.69, 9.17) is 23.7 Å². The minimum Gasteiger partial charge on any atom is -0.377 e. The third-order valence-electron chi connectivity index (χ3n) is 3.52. The maximum atomic E-state index is 12.0. The van der Waals surface area contributed by atoms with Crippen LogP contribution in [0.1, 0.15) is 0 Å². The Bertz CT molecular complexity index is 472. The van der Waals surface area contributed by atoms with Crippen LogP contribution in [0.25, 0.3) is 0 Å². The van der Waals surface area contributed by atoms with E-state index in [1.807, 2.05) is 30.3 Å². The molecule has 1 unspecified atom stereocenters. The number of benzene rings is 1. The van der Waals surface area contributed by atoms with Crippen molar-refractivity contribution in [2.75, 3.05) is 71.3 Å². The van der Waals surface area contributed by atoms with E-state index in [0.29, 0.717) is 66.0 Å². The smallest absolute Gasteiger partial charge is 0.319 e. The molecule has 2 N–H and O–H groups in total. The lowest BCUT2D eigenvalue weighted by Crippen LogP contribution is -2.39. The van der Waals surface area contributed by atoms with Gasteiger partial charge in [-0.3, -0.25) is 0 Å². The quantitative estimate of drug-likeness (QED) is 0.836. The van der Waals surface area contributed by atoms with Crippen molar-refractivity contribution >= 4 is 11.7 Å². The molecule has 0 spiro atoms. The van der Waals surface area contributed by atoms with Crippen LogP contribution in [-0.4, -0.2) is 78.1 Å². The first-order chi connectivity index (χ1) is 12.8. The molecule has 146 valence electrons. The third-order valence-corrected chi connectivity index (χ3v) is 3.52. The van der Waals surface area contributed by atoms with Gasteiger partial charge in [0.2, 0.25) is 0 Å². The molecule has 2 amide bonds. The number of nitrogens with one attached hydrogen (secondary N) is 2. The van der Waals surface area contributed by atoms with E-state index in [2.05, 4.69) is 10.6 Å². The number of ether oxygens (including phenoxy) is 5. The van der Waals surface area contributed by atoms with Crippen LogP contribution in [-0.2, 0) is 23.7 Å². The van der Waals surface area contributed by atoms with Crippen LogP contribution >= 0.6 is 0 Å². The fourth-order valence-electron chi connectivity index (χ4n) is 2.22. The number of amides is 2. The molecule has 1 saturated heterocycles. The Morgan fingerprint density at radius 3 is 2.08 bits per heavy atom. The number of carbonyl (C=O) groups excluding carboxylic acids is 1. The Labute approximate surface area is 154 Å². The highest BCUT2D eigenvalue weighted by Crippen LogP contribution is 2.04. The summed E-state index contributed by atoms with van der Waals surface area (Å²) in [6.07, 6.45) is -0.262. The highest BCUT2D eigenvalue weighted by molar-refractivity contribution is 5.89. The van der Waals surface area contributed by atoms with E-state index in [1.165, 1.54) is 0 Å². The molecule has 1 aliphatic rings. The van der Waals surface area contributed by atoms with Gasteiger partial charge in [0.15, 0.2) is 0 Å². The molecule has 1 fully saturated rings. The second kappa shape index (κ2) is 13.5. The lowest BCUT2D eigenvalue weighted by atomic mass is 10.3. The molecular weight excluding hydrogens is 340 g/mol. The van der Waals surface area contributed by atoms with Crippen LogP contribution in [0.2, 0.25) is 0 Å². The van der Waals surface area contributed by atoms with Crippen molar-refractivity contribution in [3.8, 4) is 0 Å². The zero-order valence-electron chi connectivity index (χ0n) is 15.0. The van der Waals surface area contributed by atoms with Crippen molar-refractivity contribution in [2.24, 2.45) is 0 Å². The lowest BCUT2D eigenvalue weighted by Gasteiger charge is -2.19. The second-order valence-electron chi connectivity index (χ2n) is 5.61. The van der Waals surface area contributed by atoms with Crippen molar-refractivity contribution in [3.63, 3.8) is 0 Å². The van der Waals surface area contributed by atoms with Gasteiger partial charge in [-0.2, -0.15) is 0 Å². The normalized spacial score (nSPS) is 21.2. The number of para-hydroxylation sites is 1. The average molecular weight is 368 g/mol. The number of hydrogen-bond acceptors (Lipinski definition) is 6. The zero-order chi connectivity index (χ0) is 18.3. The summed E-state index contributed by atoms with van der Waals surface area (Å²) in [5.41, 5.74) is 0.733. The van der Waals surface area contributed by atoms with Gasteiger partial charge >= 0.3 is 6.03 Å². The standard InChI is InChI=1S/C18H28N2O6/c21-18(20-16-4-2-1-3-5-16)19-14-17-15-25-11-10-23-7-6-22-8-9-24-12-13-26-17/h1-5,17H,6-15H2,(H2,19,20,21). The maximum Gasteiger partial charge on any atom is 0.319 e. The summed E-state index contributed by atoms with van der Waals surface area (Å²) in [4.78, 5) is 12.0. The summed E-state index contributed by atoms with van der Waals surface area (Å²) in [7, 11) is 0. The van der Waals surface area contributed by atoms with Gasteiger partial charge < -0.3 is 34.3 Å². The summed E-state index contributed by atoms with van der Waals surface area (Å²) in [6.45, 7) is 4.68. The van der Waals surface area contributed by atoms with Crippen molar-refractivity contribution < 1.29 is 28.5 Å². The molecule has 1 aromatic rings. The monoisotopic (exact) mass is 368 g/mol. The van der Waals surface area contributed by atoms with E-state index in [9.17, 15) is 4.79 Å². The van der Waals surface area contributed by atoms with Gasteiger partial charge in [-0.15, -0.1) is 0 Å². The summed E-state index contributed by atoms with van der Waals surface area (Å²) in [5.74, 6) is 0. The first-order valence-corrected chi connectivity index (χ1v) is 8.87. The number of rotatable bonds is 3. The largest absolute Gasteiger partial charge is 0.377 e. The highest BCUT2D eigenvalue weighted by Gasteiger charge is 2.12. The number of hydrogen-bond donors (Lipinski definition) is 2. The molecule has 2 rings (SSSR count). The van der Waals surface area contributed by atoms with Gasteiger partial charge in [0, 0.05) is 12.2 Å². The summed E-state index contributed by atoms with van der Waals surface area (Å²) in [5, 5.41) is 5.57. The fraction of sp³-hybridized carbons (Fsp3) is 0.611. The van der Waals surface area contributed by atoms with Crippen LogP contribution in [0.15, 0.2) is 30.3 Å². The summed E-state index contributed by atoms with van der Waals surface area (Å²) < 4.78 is 27.5. The molecule has 1 aliphatic heterocycles. The van der Waals surface area contributed by atoms with Crippen molar-refractivity contribution in [2.45, 2.75) is 6.10 Å². The minimum absolute atomic E-state index is 0.262. The minimum atomic E-state index is -0.285. The van der Waals surface area contributed by atoms with Crippen molar-refractivity contribution in [1.29, 1.82) is 0 Å². The number of anilines is 1. The molecule has 8 nitrogen and oxygen atoms in total. The Hall–Kier alpha value is -1.71. The van der Waals surface area contributed by atoms with Gasteiger partial charge in [0.05, 0.1) is 65.6 Å². The molecule has 1 atom stereocenters. The van der Waals surface area contributed by atoms with Crippen LogP contribution < -0.4 is 10.6 Å². The Morgan fingerprint density at radius 1 is 0.846 bits per heavy atom. The molecule has 26 heavy (non-hydrogen) atoms. The van der Waals surface area contributed by atoms with Gasteiger partial charge in [-0.1, -0.05) is 18.2 Å². The van der Waals surface area contributed by atoms with Crippen LogP contribution in [0.4, 0.5) is 10.5 Å². The topological polar surface area (TPSA) is 87.3 Å². The number of urea groups is 1. The fourth-order valence-corrected chi connectivity index (χ4v) is 2.22. The molecule has 0 radical (unpaired) electrons. The van der Waals surface area contributed by atoms with Crippen LogP contribution in [0.5, 0.6) is 0 Å². The van der Waals surface area contributed by atoms with E-state index in [0.717, 1.165) is 5.69 Å². The molecule has 0 aliphatic carbocycles. The Kier molecular flexibility index (Phi) is 10.7. The first-order valence-electron chi connectivity index (χ1n) is 8.87. The third kappa shape index (κ3) is 9.69. The van der Waals surface area contributed by atoms with E-state index >= 15 is 0 Å². The highest BCUT2D eigenvalue weighted by atomic mass is 16.6. The summed E-state index contributed by atoms with van der Waals surface area (Å²) in [6, 6.07) is 8.98. The van der Waals surface area contributed by atoms with Gasteiger partial charge in [0.1, 0.15) is 0 Å². The predicted molar refractivity (Wildman–Crippen MR) is 96.5 cm³/mol. The van der Waals surface area contributed by atoms with Crippen LogP contribution in [0.3, 0.4) is 0 Å². The van der Waals surface area contributed by atoms with Gasteiger partial charge in [0.25, 0.3) is 0 Å². The molecule has 0 aromatic heterocycles. The molecule has 0 bridgehead atoms. The zero-order valence-corrected chi connectivity index (χ0v) is 15.0. The number of carbonyl (C=O) groups is 1. The first kappa shape index (κ1) is 20.6. The molecule has 0 saturated carbocycles. The molecule has 1 aromatic carbocycles. The predicted octanol–water partition coefficient (Wildman–Crippen LogP) is 1.27. The SMILES string of the molecule is O=C(NCC1COCCOCCOCCOCCO1)Nc1ccccc1. The van der Waals surface area contributed by atoms with Crippen molar-refractivity contribution in [3.05, 3.63) is 30.3 Å². The van der Waals surface area contributed by atoms with Crippen LogP contribution in [0, 0.1) is 0 Å². The Balaban J connectivity index is 1.71. The maximum absolute atomic E-state index is 12.0. The lowest BCUT2D eigenvalue weighted by molar-refractivity contribution is -0.0434. The Morgan fingerprint density at radius 2 is 1.42 bits per heavy atom. The van der Waals surface area contributed by atoms with E-state index in [1.54, 1.807) is 0 Å². The average Bonchev–Trinajstić information content (AvgIpc) is 2.67.